The van der Waals surface area contributed by atoms with Gasteiger partial charge in [-0.25, -0.2) is 0 Å². The first-order valence-corrected chi connectivity index (χ1v) is 10.7. The fraction of sp³-hybridized carbons (Fsp3) is 0.522. The Morgan fingerprint density at radius 2 is 1.57 bits per heavy atom. The molecule has 5 heteroatoms. The molecular formula is C23H27N3O2. The van der Waals surface area contributed by atoms with Gasteiger partial charge >= 0.3 is 0 Å². The normalized spacial score (nSPS) is 20.7. The third-order valence-corrected chi connectivity index (χ3v) is 6.54. The molecule has 1 saturated heterocycles. The number of para-hydroxylation sites is 1. The van der Waals surface area contributed by atoms with Gasteiger partial charge in [-0.2, -0.15) is 0 Å². The Hall–Kier alpha value is -2.43. The number of hydrogen-bond donors (Lipinski definition) is 0. The standard InChI is InChI=1S/C23H27N3O2/c27-22(17-5-1-2-6-17)25-11-13-26(14-12-25)23(28)19-15-21(16-9-10-16)24-20-8-4-3-7-18(19)20/h3-4,7-8,15-17H,1-2,5-6,9-14H2. The predicted octanol–water partition coefficient (Wildman–Crippen LogP) is 3.59. The first-order chi connectivity index (χ1) is 13.7. The van der Waals surface area contributed by atoms with Gasteiger partial charge in [0.25, 0.3) is 5.91 Å². The van der Waals surface area contributed by atoms with Crippen LogP contribution in [0.4, 0.5) is 0 Å². The summed E-state index contributed by atoms with van der Waals surface area (Å²) in [5, 5.41) is 0.932. The summed E-state index contributed by atoms with van der Waals surface area (Å²) in [6.07, 6.45) is 6.75. The van der Waals surface area contributed by atoms with Gasteiger partial charge in [-0.05, 0) is 37.8 Å². The van der Waals surface area contributed by atoms with Crippen molar-refractivity contribution in [1.29, 1.82) is 0 Å². The second-order valence-corrected chi connectivity index (χ2v) is 8.48. The molecule has 2 aromatic rings. The molecule has 0 radical (unpaired) electrons. The Balaban J connectivity index is 1.34. The lowest BCUT2D eigenvalue weighted by Gasteiger charge is -2.36. The zero-order valence-electron chi connectivity index (χ0n) is 16.3. The van der Waals surface area contributed by atoms with E-state index < -0.39 is 0 Å². The SMILES string of the molecule is O=C(c1cc(C2CC2)nc2ccccc12)N1CCN(C(=O)C2CCCC2)CC1. The first kappa shape index (κ1) is 17.7. The van der Waals surface area contributed by atoms with Crippen molar-refractivity contribution >= 4 is 22.7 Å². The van der Waals surface area contributed by atoms with Gasteiger partial charge in [0.2, 0.25) is 5.91 Å². The van der Waals surface area contributed by atoms with Gasteiger partial charge in [-0.15, -0.1) is 0 Å². The van der Waals surface area contributed by atoms with Crippen LogP contribution >= 0.6 is 0 Å². The van der Waals surface area contributed by atoms with E-state index >= 15 is 0 Å². The number of carbonyl (C=O) groups is 2. The summed E-state index contributed by atoms with van der Waals surface area (Å²) in [5.74, 6) is 1.10. The van der Waals surface area contributed by atoms with Crippen LogP contribution in [0.25, 0.3) is 10.9 Å². The third kappa shape index (κ3) is 3.27. The Kier molecular flexibility index (Phi) is 4.53. The lowest BCUT2D eigenvalue weighted by molar-refractivity contribution is -0.136. The van der Waals surface area contributed by atoms with Crippen molar-refractivity contribution in [1.82, 2.24) is 14.8 Å². The molecule has 1 aliphatic heterocycles. The molecule has 2 saturated carbocycles. The first-order valence-electron chi connectivity index (χ1n) is 10.7. The number of pyridine rings is 1. The molecule has 5 rings (SSSR count). The van der Waals surface area contributed by atoms with E-state index in [0.717, 1.165) is 35.0 Å². The summed E-state index contributed by atoms with van der Waals surface area (Å²) in [7, 11) is 0. The summed E-state index contributed by atoms with van der Waals surface area (Å²) in [6.45, 7) is 2.54. The zero-order chi connectivity index (χ0) is 19.1. The number of carbonyl (C=O) groups excluding carboxylic acids is 2. The number of fused-ring (bicyclic) bond motifs is 1. The number of rotatable bonds is 3. The number of benzene rings is 1. The van der Waals surface area contributed by atoms with Crippen LogP contribution in [-0.4, -0.2) is 52.8 Å². The number of amides is 2. The zero-order valence-corrected chi connectivity index (χ0v) is 16.3. The number of piperazine rings is 1. The highest BCUT2D eigenvalue weighted by molar-refractivity contribution is 6.06. The van der Waals surface area contributed by atoms with Crippen LogP contribution in [0.1, 0.15) is 60.5 Å². The maximum atomic E-state index is 13.3. The van der Waals surface area contributed by atoms with Crippen molar-refractivity contribution in [2.24, 2.45) is 5.92 Å². The van der Waals surface area contributed by atoms with Crippen LogP contribution in [0.5, 0.6) is 0 Å². The number of nitrogens with zero attached hydrogens (tertiary/aromatic N) is 3. The van der Waals surface area contributed by atoms with Gasteiger partial charge in [0.05, 0.1) is 11.1 Å². The maximum Gasteiger partial charge on any atom is 0.254 e. The summed E-state index contributed by atoms with van der Waals surface area (Å²) >= 11 is 0. The molecule has 146 valence electrons. The van der Waals surface area contributed by atoms with Crippen molar-refractivity contribution in [2.75, 3.05) is 26.2 Å². The summed E-state index contributed by atoms with van der Waals surface area (Å²) < 4.78 is 0. The quantitative estimate of drug-likeness (QED) is 0.821. The average Bonchev–Trinajstić information content (AvgIpc) is 3.46. The average molecular weight is 377 g/mol. The molecule has 28 heavy (non-hydrogen) atoms. The minimum Gasteiger partial charge on any atom is -0.339 e. The maximum absolute atomic E-state index is 13.3. The van der Waals surface area contributed by atoms with E-state index in [1.165, 1.54) is 25.7 Å². The van der Waals surface area contributed by atoms with E-state index in [1.807, 2.05) is 40.1 Å². The topological polar surface area (TPSA) is 53.5 Å². The molecule has 1 aromatic carbocycles. The van der Waals surface area contributed by atoms with Gasteiger partial charge < -0.3 is 9.80 Å². The summed E-state index contributed by atoms with van der Waals surface area (Å²) in [5.41, 5.74) is 2.73. The molecule has 0 N–H and O–H groups in total. The fourth-order valence-electron chi connectivity index (χ4n) is 4.69. The molecule has 0 spiro atoms. The van der Waals surface area contributed by atoms with E-state index in [4.69, 9.17) is 4.98 Å². The van der Waals surface area contributed by atoms with Crippen molar-refractivity contribution in [3.8, 4) is 0 Å². The lowest BCUT2D eigenvalue weighted by Crippen LogP contribution is -2.51. The largest absolute Gasteiger partial charge is 0.339 e. The Bertz CT molecular complexity index is 907. The van der Waals surface area contributed by atoms with Crippen LogP contribution < -0.4 is 0 Å². The molecule has 3 fully saturated rings. The Morgan fingerprint density at radius 1 is 0.893 bits per heavy atom. The van der Waals surface area contributed by atoms with Crippen molar-refractivity contribution in [2.45, 2.75) is 44.4 Å². The highest BCUT2D eigenvalue weighted by atomic mass is 16.2. The van der Waals surface area contributed by atoms with Gasteiger partial charge in [0, 0.05) is 49.1 Å². The van der Waals surface area contributed by atoms with E-state index in [0.29, 0.717) is 38.0 Å². The highest BCUT2D eigenvalue weighted by Gasteiger charge is 2.32. The van der Waals surface area contributed by atoms with Crippen molar-refractivity contribution in [3.63, 3.8) is 0 Å². The van der Waals surface area contributed by atoms with Gasteiger partial charge in [-0.3, -0.25) is 14.6 Å². The minimum absolute atomic E-state index is 0.0773. The smallest absolute Gasteiger partial charge is 0.254 e. The van der Waals surface area contributed by atoms with Crippen LogP contribution in [0, 0.1) is 5.92 Å². The lowest BCUT2D eigenvalue weighted by atomic mass is 10.0. The number of hydrogen-bond acceptors (Lipinski definition) is 3. The third-order valence-electron chi connectivity index (χ3n) is 6.54. The van der Waals surface area contributed by atoms with Crippen LogP contribution in [0.3, 0.4) is 0 Å². The summed E-state index contributed by atoms with van der Waals surface area (Å²) in [6, 6.07) is 9.95. The second-order valence-electron chi connectivity index (χ2n) is 8.48. The van der Waals surface area contributed by atoms with E-state index in [9.17, 15) is 9.59 Å². The Morgan fingerprint density at radius 3 is 2.29 bits per heavy atom. The van der Waals surface area contributed by atoms with Gasteiger partial charge in [0.1, 0.15) is 0 Å². The molecule has 2 aliphatic carbocycles. The summed E-state index contributed by atoms with van der Waals surface area (Å²) in [4.78, 5) is 34.7. The second kappa shape index (κ2) is 7.19. The van der Waals surface area contributed by atoms with Crippen LogP contribution in [0.2, 0.25) is 0 Å². The number of aromatic nitrogens is 1. The minimum atomic E-state index is 0.0773. The highest BCUT2D eigenvalue weighted by Crippen LogP contribution is 2.40. The van der Waals surface area contributed by atoms with E-state index in [-0.39, 0.29) is 11.8 Å². The van der Waals surface area contributed by atoms with Crippen molar-refractivity contribution < 1.29 is 9.59 Å². The van der Waals surface area contributed by atoms with E-state index in [2.05, 4.69) is 0 Å². The van der Waals surface area contributed by atoms with E-state index in [1.54, 1.807) is 0 Å². The molecule has 0 bridgehead atoms. The van der Waals surface area contributed by atoms with Crippen LogP contribution in [0.15, 0.2) is 30.3 Å². The van der Waals surface area contributed by atoms with Crippen LogP contribution in [-0.2, 0) is 4.79 Å². The Labute approximate surface area is 165 Å². The van der Waals surface area contributed by atoms with Crippen molar-refractivity contribution in [3.05, 3.63) is 41.6 Å². The molecule has 1 aromatic heterocycles. The predicted molar refractivity (Wildman–Crippen MR) is 108 cm³/mol. The fourth-order valence-corrected chi connectivity index (χ4v) is 4.69. The van der Waals surface area contributed by atoms with Gasteiger partial charge in [0.15, 0.2) is 0 Å². The van der Waals surface area contributed by atoms with Gasteiger partial charge in [-0.1, -0.05) is 31.0 Å². The monoisotopic (exact) mass is 377 g/mol. The molecule has 5 nitrogen and oxygen atoms in total. The molecular weight excluding hydrogens is 350 g/mol. The molecule has 0 atom stereocenters. The molecule has 3 aliphatic rings. The molecule has 2 heterocycles. The molecule has 0 unspecified atom stereocenters. The molecule has 2 amide bonds.